The fourth-order valence-electron chi connectivity index (χ4n) is 1.98. The topological polar surface area (TPSA) is 81.0 Å². The summed E-state index contributed by atoms with van der Waals surface area (Å²) in [6, 6.07) is 9.03. The number of rotatable bonds is 1. The minimum atomic E-state index is -0.261. The molecule has 0 bridgehead atoms. The molecule has 0 amide bonds. The van der Waals surface area contributed by atoms with E-state index < -0.39 is 0 Å². The lowest BCUT2D eigenvalue weighted by atomic mass is 10.1. The van der Waals surface area contributed by atoms with Crippen LogP contribution in [0.4, 0.5) is 5.82 Å². The van der Waals surface area contributed by atoms with E-state index in [1.165, 1.54) is 6.07 Å². The summed E-state index contributed by atoms with van der Waals surface area (Å²) in [5, 5.41) is 0. The zero-order valence-electron chi connectivity index (χ0n) is 9.01. The third-order valence-corrected chi connectivity index (χ3v) is 2.73. The highest BCUT2D eigenvalue weighted by molar-refractivity contribution is 5.38. The van der Waals surface area contributed by atoms with E-state index in [4.69, 9.17) is 10.5 Å². The first-order chi connectivity index (χ1) is 8.22. The van der Waals surface area contributed by atoms with Crippen molar-refractivity contribution in [1.29, 1.82) is 0 Å². The Bertz CT molecular complexity index is 596. The minimum Gasteiger partial charge on any atom is -0.482 e. The molecule has 5 nitrogen and oxygen atoms in total. The number of hydrogen-bond acceptors (Lipinski definition) is 4. The van der Waals surface area contributed by atoms with Crippen LogP contribution in [0.25, 0.3) is 0 Å². The Morgan fingerprint density at radius 1 is 1.41 bits per heavy atom. The van der Waals surface area contributed by atoms with E-state index in [0.29, 0.717) is 12.2 Å². The molecule has 1 unspecified atom stereocenters. The number of H-pyrrole nitrogens is 1. The highest BCUT2D eigenvalue weighted by Gasteiger charge is 2.25. The molecule has 3 rings (SSSR count). The lowest BCUT2D eigenvalue weighted by molar-refractivity contribution is 0.227. The molecule has 0 saturated carbocycles. The first kappa shape index (κ1) is 9.89. The molecule has 2 heterocycles. The second-order valence-corrected chi connectivity index (χ2v) is 3.97. The molecule has 1 atom stereocenters. The lowest BCUT2D eigenvalue weighted by Gasteiger charge is -2.09. The van der Waals surface area contributed by atoms with Gasteiger partial charge in [-0.15, -0.1) is 0 Å². The number of benzene rings is 1. The van der Waals surface area contributed by atoms with E-state index >= 15 is 0 Å². The van der Waals surface area contributed by atoms with Gasteiger partial charge < -0.3 is 15.5 Å². The first-order valence-electron chi connectivity index (χ1n) is 5.34. The maximum atomic E-state index is 11.3. The summed E-state index contributed by atoms with van der Waals surface area (Å²) in [5.41, 5.74) is 6.40. The maximum Gasteiger partial charge on any atom is 0.253 e. The molecule has 1 aliphatic heterocycles. The number of nitrogen functional groups attached to an aromatic ring is 1. The third-order valence-electron chi connectivity index (χ3n) is 2.73. The molecule has 17 heavy (non-hydrogen) atoms. The van der Waals surface area contributed by atoms with Gasteiger partial charge in [-0.3, -0.25) is 4.79 Å². The lowest BCUT2D eigenvalue weighted by Crippen LogP contribution is -2.17. The van der Waals surface area contributed by atoms with Gasteiger partial charge in [0.2, 0.25) is 0 Å². The first-order valence-corrected chi connectivity index (χ1v) is 5.34. The minimum absolute atomic E-state index is 0.211. The molecular formula is C12H11N3O2. The molecular weight excluding hydrogens is 218 g/mol. The molecule has 86 valence electrons. The summed E-state index contributed by atoms with van der Waals surface area (Å²) in [6.45, 7) is 0. The number of nitrogens with one attached hydrogen (secondary N) is 1. The van der Waals surface area contributed by atoms with Crippen LogP contribution in [0.15, 0.2) is 35.1 Å². The van der Waals surface area contributed by atoms with Crippen molar-refractivity contribution in [3.05, 3.63) is 52.1 Å². The number of fused-ring (bicyclic) bond motifs is 1. The highest BCUT2D eigenvalue weighted by atomic mass is 16.5. The van der Waals surface area contributed by atoms with E-state index in [1.807, 2.05) is 24.3 Å². The largest absolute Gasteiger partial charge is 0.482 e. The smallest absolute Gasteiger partial charge is 0.253 e. The fourth-order valence-corrected chi connectivity index (χ4v) is 1.98. The number of anilines is 1. The average molecular weight is 229 g/mol. The van der Waals surface area contributed by atoms with E-state index in [2.05, 4.69) is 9.97 Å². The SMILES string of the molecule is Nc1cc(=O)[nH]c(C2Cc3ccccc3O2)n1. The normalized spacial score (nSPS) is 17.5. The molecule has 5 heteroatoms. The summed E-state index contributed by atoms with van der Waals surface area (Å²) < 4.78 is 5.71. The van der Waals surface area contributed by atoms with Crippen LogP contribution >= 0.6 is 0 Å². The molecule has 1 aliphatic rings. The Labute approximate surface area is 97.3 Å². The van der Waals surface area contributed by atoms with Gasteiger partial charge in [0.25, 0.3) is 5.56 Å². The van der Waals surface area contributed by atoms with Gasteiger partial charge in [-0.1, -0.05) is 18.2 Å². The molecule has 3 N–H and O–H groups in total. The van der Waals surface area contributed by atoms with Crippen molar-refractivity contribution in [2.75, 3.05) is 5.73 Å². The predicted molar refractivity (Wildman–Crippen MR) is 62.8 cm³/mol. The summed E-state index contributed by atoms with van der Waals surface area (Å²) in [5.74, 6) is 1.53. The van der Waals surface area contributed by atoms with Crippen LogP contribution in [-0.2, 0) is 6.42 Å². The van der Waals surface area contributed by atoms with Gasteiger partial charge in [-0.2, -0.15) is 0 Å². The number of nitrogens with zero attached hydrogens (tertiary/aromatic N) is 1. The van der Waals surface area contributed by atoms with Crippen LogP contribution in [-0.4, -0.2) is 9.97 Å². The van der Waals surface area contributed by atoms with Crippen molar-refractivity contribution in [3.63, 3.8) is 0 Å². The second kappa shape index (κ2) is 3.62. The quantitative estimate of drug-likeness (QED) is 0.765. The Morgan fingerprint density at radius 3 is 3.00 bits per heavy atom. The maximum absolute atomic E-state index is 11.3. The zero-order valence-corrected chi connectivity index (χ0v) is 9.01. The Balaban J connectivity index is 1.96. The Kier molecular flexibility index (Phi) is 2.11. The standard InChI is InChI=1S/C12H11N3O2/c13-10-6-11(16)15-12(14-10)9-5-7-3-1-2-4-8(7)17-9/h1-4,6,9H,5H2,(H3,13,14,15,16). The number of para-hydroxylation sites is 1. The summed E-state index contributed by atoms with van der Waals surface area (Å²) in [4.78, 5) is 18.1. The molecule has 0 radical (unpaired) electrons. The summed E-state index contributed by atoms with van der Waals surface area (Å²) in [6.07, 6.45) is 0.436. The van der Waals surface area contributed by atoms with Gasteiger partial charge in [-0.05, 0) is 11.6 Å². The molecule has 1 aromatic carbocycles. The molecule has 0 saturated heterocycles. The summed E-state index contributed by atoms with van der Waals surface area (Å²) >= 11 is 0. The van der Waals surface area contributed by atoms with Crippen molar-refractivity contribution < 1.29 is 4.74 Å². The van der Waals surface area contributed by atoms with E-state index in [1.54, 1.807) is 0 Å². The van der Waals surface area contributed by atoms with E-state index in [0.717, 1.165) is 11.3 Å². The fraction of sp³-hybridized carbons (Fsp3) is 0.167. The van der Waals surface area contributed by atoms with Crippen LogP contribution < -0.4 is 16.0 Å². The van der Waals surface area contributed by atoms with Gasteiger partial charge in [0.15, 0.2) is 11.9 Å². The Morgan fingerprint density at radius 2 is 2.24 bits per heavy atom. The van der Waals surface area contributed by atoms with Crippen molar-refractivity contribution >= 4 is 5.82 Å². The number of aromatic amines is 1. The van der Waals surface area contributed by atoms with Gasteiger partial charge in [0, 0.05) is 12.5 Å². The second-order valence-electron chi connectivity index (χ2n) is 3.97. The third kappa shape index (κ3) is 1.75. The number of aromatic nitrogens is 2. The summed E-state index contributed by atoms with van der Waals surface area (Å²) in [7, 11) is 0. The molecule has 0 spiro atoms. The van der Waals surface area contributed by atoms with Crippen molar-refractivity contribution in [2.45, 2.75) is 12.5 Å². The number of ether oxygens (including phenoxy) is 1. The predicted octanol–water partition coefficient (Wildman–Crippen LogP) is 1.03. The number of nitrogens with two attached hydrogens (primary N) is 1. The highest BCUT2D eigenvalue weighted by Crippen LogP contribution is 2.34. The molecule has 0 fully saturated rings. The van der Waals surface area contributed by atoms with Gasteiger partial charge in [-0.25, -0.2) is 4.98 Å². The Hall–Kier alpha value is -2.30. The molecule has 1 aromatic heterocycles. The van der Waals surface area contributed by atoms with Crippen LogP contribution in [0.1, 0.15) is 17.5 Å². The monoisotopic (exact) mass is 229 g/mol. The molecule has 0 aliphatic carbocycles. The van der Waals surface area contributed by atoms with E-state index in [9.17, 15) is 4.79 Å². The van der Waals surface area contributed by atoms with Gasteiger partial charge in [0.1, 0.15) is 11.6 Å². The van der Waals surface area contributed by atoms with Gasteiger partial charge >= 0.3 is 0 Å². The zero-order chi connectivity index (χ0) is 11.8. The van der Waals surface area contributed by atoms with Crippen LogP contribution in [0.3, 0.4) is 0 Å². The number of hydrogen-bond donors (Lipinski definition) is 2. The van der Waals surface area contributed by atoms with Crippen molar-refractivity contribution in [2.24, 2.45) is 0 Å². The molecule has 2 aromatic rings. The van der Waals surface area contributed by atoms with Crippen LogP contribution in [0, 0.1) is 0 Å². The van der Waals surface area contributed by atoms with Crippen LogP contribution in [0.5, 0.6) is 5.75 Å². The van der Waals surface area contributed by atoms with Gasteiger partial charge in [0.05, 0.1) is 0 Å². The average Bonchev–Trinajstić information content (AvgIpc) is 2.71. The van der Waals surface area contributed by atoms with E-state index in [-0.39, 0.29) is 17.5 Å². The van der Waals surface area contributed by atoms with Crippen molar-refractivity contribution in [1.82, 2.24) is 9.97 Å². The van der Waals surface area contributed by atoms with Crippen LogP contribution in [0.2, 0.25) is 0 Å². The van der Waals surface area contributed by atoms with Crippen molar-refractivity contribution in [3.8, 4) is 5.75 Å².